The van der Waals surface area contributed by atoms with Crippen molar-refractivity contribution >= 4 is 37.7 Å². The van der Waals surface area contributed by atoms with E-state index in [2.05, 4.69) is 91.9 Å². The number of carbonyl (C=O) groups is 1. The third-order valence-corrected chi connectivity index (χ3v) is 14.0. The summed E-state index contributed by atoms with van der Waals surface area (Å²) in [5.74, 6) is 0. The van der Waals surface area contributed by atoms with Crippen LogP contribution in [0.3, 0.4) is 0 Å². The first-order valence-corrected chi connectivity index (χ1v) is 14.2. The van der Waals surface area contributed by atoms with Crippen molar-refractivity contribution in [3.63, 3.8) is 0 Å². The van der Waals surface area contributed by atoms with Crippen molar-refractivity contribution in [1.82, 2.24) is 0 Å². The summed E-state index contributed by atoms with van der Waals surface area (Å²) in [7, 11) is 0. The summed E-state index contributed by atoms with van der Waals surface area (Å²) in [6.07, 6.45) is 1.90. The van der Waals surface area contributed by atoms with Crippen LogP contribution in [0.15, 0.2) is 84.9 Å². The van der Waals surface area contributed by atoms with Gasteiger partial charge in [-0.25, -0.2) is 4.79 Å². The minimum Gasteiger partial charge on any atom is -0.450 e. The number of hydrogen-bond donors (Lipinski definition) is 2. The van der Waals surface area contributed by atoms with Crippen LogP contribution in [0.1, 0.15) is 25.3 Å². The Kier molecular flexibility index (Phi) is 9.00. The van der Waals surface area contributed by atoms with Gasteiger partial charge in [0.2, 0.25) is 0 Å². The van der Waals surface area contributed by atoms with E-state index in [-0.39, 0.29) is 0 Å². The maximum atomic E-state index is 8.56. The summed E-state index contributed by atoms with van der Waals surface area (Å²) >= 11 is -2.18. The van der Waals surface area contributed by atoms with Gasteiger partial charge in [0.1, 0.15) is 0 Å². The van der Waals surface area contributed by atoms with Gasteiger partial charge in [-0.3, -0.25) is 0 Å². The van der Waals surface area contributed by atoms with E-state index in [0.29, 0.717) is 0 Å². The van der Waals surface area contributed by atoms with Crippen molar-refractivity contribution < 1.29 is 15.0 Å². The van der Waals surface area contributed by atoms with E-state index in [4.69, 9.17) is 15.0 Å². The summed E-state index contributed by atoms with van der Waals surface area (Å²) in [6.45, 7) is 2.28. The summed E-state index contributed by atoms with van der Waals surface area (Å²) in [5, 5.41) is 13.9. The molecule has 27 heavy (non-hydrogen) atoms. The zero-order chi connectivity index (χ0) is 19.5. The van der Waals surface area contributed by atoms with Crippen LogP contribution in [0.25, 0.3) is 0 Å². The van der Waals surface area contributed by atoms with Gasteiger partial charge < -0.3 is 10.2 Å². The van der Waals surface area contributed by atoms with Crippen LogP contribution in [0.2, 0.25) is 0 Å². The Hall–Kier alpha value is -2.19. The SMILES string of the molecule is CCCCc1cccc[c]1[Bi]([c]1ccccc1)[c]1ccccc1.O=C(O)O. The van der Waals surface area contributed by atoms with Gasteiger partial charge >= 0.3 is 154 Å². The molecule has 0 spiro atoms. The molecule has 0 heterocycles. The monoisotopic (exact) mass is 558 g/mol. The Morgan fingerprint density at radius 2 is 1.22 bits per heavy atom. The van der Waals surface area contributed by atoms with Crippen LogP contribution in [0.5, 0.6) is 0 Å². The van der Waals surface area contributed by atoms with Crippen LogP contribution in [0.4, 0.5) is 4.79 Å². The molecule has 3 rings (SSSR count). The van der Waals surface area contributed by atoms with Crippen LogP contribution in [-0.2, 0) is 6.42 Å². The zero-order valence-electron chi connectivity index (χ0n) is 15.5. The molecule has 0 fully saturated rings. The predicted octanol–water partition coefficient (Wildman–Crippen LogP) is 3.77. The minimum atomic E-state index is -2.18. The average molecular weight is 558 g/mol. The second-order valence-electron chi connectivity index (χ2n) is 6.02. The zero-order valence-corrected chi connectivity index (χ0v) is 18.9. The molecule has 0 atom stereocenters. The standard InChI is InChI=1S/C10H13.2C6H5.CH2O3.Bi/c1-2-3-7-10-8-5-4-6-9-10;2*1-2-4-6-5-3-1;2-1(3)4;/h4-6,8H,2-3,7H2,1H3;2*1-5H;(H2,2,3,4);. The first-order valence-electron chi connectivity index (χ1n) is 9.03. The fraction of sp³-hybridized carbons (Fsp3) is 0.174. The molecular formula is C23H25BiO3. The number of aryl methyl sites for hydroxylation is 1. The van der Waals surface area contributed by atoms with Gasteiger partial charge in [-0.2, -0.15) is 0 Å². The number of carboxylic acid groups (broad SMARTS) is 2. The Morgan fingerprint density at radius 3 is 1.70 bits per heavy atom. The molecule has 4 heteroatoms. The van der Waals surface area contributed by atoms with Crippen molar-refractivity contribution in [2.45, 2.75) is 26.2 Å². The summed E-state index contributed by atoms with van der Waals surface area (Å²) in [5.41, 5.74) is 1.57. The smallest absolute Gasteiger partial charge is 0.450 e. The number of hydrogen-bond acceptors (Lipinski definition) is 1. The Labute approximate surface area is 169 Å². The quantitative estimate of drug-likeness (QED) is 0.454. The fourth-order valence-corrected chi connectivity index (χ4v) is 12.6. The Morgan fingerprint density at radius 1 is 0.778 bits per heavy atom. The van der Waals surface area contributed by atoms with E-state index in [9.17, 15) is 0 Å². The van der Waals surface area contributed by atoms with Gasteiger partial charge in [-0.05, 0) is 0 Å². The molecule has 0 aliphatic rings. The molecular weight excluding hydrogens is 533 g/mol. The summed E-state index contributed by atoms with van der Waals surface area (Å²) < 4.78 is 4.78. The van der Waals surface area contributed by atoms with Crippen LogP contribution < -0.4 is 9.81 Å². The van der Waals surface area contributed by atoms with Crippen LogP contribution in [-0.4, -0.2) is 38.1 Å². The topological polar surface area (TPSA) is 57.5 Å². The van der Waals surface area contributed by atoms with Gasteiger partial charge in [0, 0.05) is 0 Å². The van der Waals surface area contributed by atoms with Gasteiger partial charge in [0.05, 0.1) is 0 Å². The molecule has 0 radical (unpaired) electrons. The van der Waals surface area contributed by atoms with Crippen LogP contribution >= 0.6 is 0 Å². The third-order valence-electron chi connectivity index (χ3n) is 4.06. The minimum absolute atomic E-state index is 1.21. The largest absolute Gasteiger partial charge is 0.503 e. The molecule has 0 unspecified atom stereocenters. The van der Waals surface area contributed by atoms with E-state index in [1.54, 1.807) is 15.4 Å². The molecule has 3 nitrogen and oxygen atoms in total. The Balaban J connectivity index is 0.000000596. The molecule has 0 saturated heterocycles. The number of rotatable bonds is 6. The van der Waals surface area contributed by atoms with Crippen LogP contribution in [0, 0.1) is 0 Å². The van der Waals surface area contributed by atoms with Crippen molar-refractivity contribution in [2.75, 3.05) is 0 Å². The molecule has 0 aromatic heterocycles. The third kappa shape index (κ3) is 6.80. The van der Waals surface area contributed by atoms with Crippen molar-refractivity contribution in [3.8, 4) is 0 Å². The molecule has 0 amide bonds. The summed E-state index contributed by atoms with van der Waals surface area (Å²) in [4.78, 5) is 8.56. The van der Waals surface area contributed by atoms with Gasteiger partial charge in [-0.1, -0.05) is 0 Å². The van der Waals surface area contributed by atoms with E-state index in [1.165, 1.54) is 19.3 Å². The van der Waals surface area contributed by atoms with Crippen molar-refractivity contribution in [3.05, 3.63) is 90.5 Å². The van der Waals surface area contributed by atoms with E-state index in [0.717, 1.165) is 0 Å². The molecule has 3 aromatic carbocycles. The maximum Gasteiger partial charge on any atom is 0.503 e. The fourth-order valence-electron chi connectivity index (χ4n) is 2.89. The molecule has 0 saturated carbocycles. The number of benzene rings is 3. The first kappa shape index (κ1) is 21.1. The molecule has 140 valence electrons. The summed E-state index contributed by atoms with van der Waals surface area (Å²) in [6, 6.07) is 31.5. The molecule has 0 aliphatic carbocycles. The molecule has 3 aromatic rings. The predicted molar refractivity (Wildman–Crippen MR) is 113 cm³/mol. The van der Waals surface area contributed by atoms with Crippen molar-refractivity contribution in [2.24, 2.45) is 0 Å². The normalized spacial score (nSPS) is 10.1. The van der Waals surface area contributed by atoms with E-state index >= 15 is 0 Å². The maximum absolute atomic E-state index is 8.56. The van der Waals surface area contributed by atoms with Gasteiger partial charge in [-0.15, -0.1) is 0 Å². The molecule has 2 N–H and O–H groups in total. The molecule has 0 aliphatic heterocycles. The average Bonchev–Trinajstić information content (AvgIpc) is 2.69. The van der Waals surface area contributed by atoms with Gasteiger partial charge in [0.15, 0.2) is 0 Å². The van der Waals surface area contributed by atoms with Crippen molar-refractivity contribution in [1.29, 1.82) is 0 Å². The Bertz CT molecular complexity index is 776. The molecule has 0 bridgehead atoms. The van der Waals surface area contributed by atoms with E-state index < -0.39 is 27.9 Å². The second kappa shape index (κ2) is 11.5. The number of unbranched alkanes of at least 4 members (excludes halogenated alkanes) is 1. The van der Waals surface area contributed by atoms with E-state index in [1.807, 2.05) is 0 Å². The van der Waals surface area contributed by atoms with Gasteiger partial charge in [0.25, 0.3) is 0 Å². The second-order valence-corrected chi connectivity index (χ2v) is 14.5. The first-order chi connectivity index (χ1) is 13.1.